The number of carbonyl (C=O) groups excluding carboxylic acids is 1. The third kappa shape index (κ3) is 2.90. The summed E-state index contributed by atoms with van der Waals surface area (Å²) >= 11 is 0. The first kappa shape index (κ1) is 18.3. The predicted octanol–water partition coefficient (Wildman–Crippen LogP) is 3.94. The summed E-state index contributed by atoms with van der Waals surface area (Å²) < 4.78 is 22.5. The summed E-state index contributed by atoms with van der Waals surface area (Å²) in [6, 6.07) is 12.5. The summed E-state index contributed by atoms with van der Waals surface area (Å²) in [6.45, 7) is 0.468. The van der Waals surface area contributed by atoms with E-state index >= 15 is 4.39 Å². The number of nitrogens with zero attached hydrogens (tertiary/aromatic N) is 4. The van der Waals surface area contributed by atoms with Gasteiger partial charge < -0.3 is 9.64 Å². The van der Waals surface area contributed by atoms with Crippen LogP contribution in [0.4, 0.5) is 4.39 Å². The molecule has 4 aromatic rings. The summed E-state index contributed by atoms with van der Waals surface area (Å²) in [5.41, 5.74) is 4.04. The highest BCUT2D eigenvalue weighted by Crippen LogP contribution is 2.35. The normalized spacial score (nSPS) is 13.2. The number of methoxy groups -OCH3 is 1. The molecule has 5 rings (SSSR count). The average molecular weight is 402 g/mol. The molecule has 0 unspecified atom stereocenters. The Bertz CT molecular complexity index is 1300. The fraction of sp³-hybridized carbons (Fsp3) is 0.174. The highest BCUT2D eigenvalue weighted by Gasteiger charge is 2.29. The summed E-state index contributed by atoms with van der Waals surface area (Å²) in [6.07, 6.45) is 3.57. The molecule has 1 aliphatic heterocycles. The third-order valence-corrected chi connectivity index (χ3v) is 5.45. The van der Waals surface area contributed by atoms with E-state index in [2.05, 4.69) is 10.1 Å². The van der Waals surface area contributed by atoms with Gasteiger partial charge in [-0.3, -0.25) is 14.5 Å². The van der Waals surface area contributed by atoms with Gasteiger partial charge in [-0.25, -0.2) is 4.39 Å². The number of hydrogen-bond acceptors (Lipinski definition) is 4. The van der Waals surface area contributed by atoms with Crippen molar-refractivity contribution in [2.45, 2.75) is 13.1 Å². The lowest BCUT2D eigenvalue weighted by atomic mass is 9.99. The van der Waals surface area contributed by atoms with Crippen molar-refractivity contribution in [3.63, 3.8) is 0 Å². The molecular weight excluding hydrogens is 383 g/mol. The van der Waals surface area contributed by atoms with Crippen LogP contribution in [0.15, 0.2) is 54.9 Å². The van der Waals surface area contributed by atoms with Gasteiger partial charge in [-0.15, -0.1) is 0 Å². The summed E-state index contributed by atoms with van der Waals surface area (Å²) in [4.78, 5) is 18.5. The zero-order chi connectivity index (χ0) is 20.8. The van der Waals surface area contributed by atoms with E-state index in [0.717, 1.165) is 16.5 Å². The van der Waals surface area contributed by atoms with E-state index in [9.17, 15) is 4.79 Å². The molecule has 0 saturated heterocycles. The third-order valence-electron chi connectivity index (χ3n) is 5.45. The number of aryl methyl sites for hydroxylation is 1. The summed E-state index contributed by atoms with van der Waals surface area (Å²) in [5, 5.41) is 5.36. The van der Waals surface area contributed by atoms with E-state index in [1.54, 1.807) is 27.9 Å². The first-order valence-electron chi connectivity index (χ1n) is 9.57. The molecule has 0 aliphatic carbocycles. The van der Waals surface area contributed by atoms with Crippen molar-refractivity contribution < 1.29 is 13.9 Å². The second-order valence-electron chi connectivity index (χ2n) is 7.34. The second kappa shape index (κ2) is 6.95. The van der Waals surface area contributed by atoms with Gasteiger partial charge in [0, 0.05) is 30.4 Å². The highest BCUT2D eigenvalue weighted by atomic mass is 19.1. The van der Waals surface area contributed by atoms with Crippen molar-refractivity contribution in [1.29, 1.82) is 0 Å². The van der Waals surface area contributed by atoms with Crippen molar-refractivity contribution in [1.82, 2.24) is 19.7 Å². The van der Waals surface area contributed by atoms with Crippen LogP contribution in [0.2, 0.25) is 0 Å². The Balaban J connectivity index is 1.53. The fourth-order valence-electron chi connectivity index (χ4n) is 4.02. The lowest BCUT2D eigenvalue weighted by molar-refractivity contribution is 0.0763. The first-order chi connectivity index (χ1) is 14.5. The Hall–Kier alpha value is -3.74. The van der Waals surface area contributed by atoms with Crippen LogP contribution < -0.4 is 4.74 Å². The molecule has 150 valence electrons. The van der Waals surface area contributed by atoms with Crippen LogP contribution in [0, 0.1) is 5.82 Å². The zero-order valence-corrected chi connectivity index (χ0v) is 16.6. The minimum Gasteiger partial charge on any atom is -0.496 e. The highest BCUT2D eigenvalue weighted by molar-refractivity contribution is 5.98. The molecule has 0 radical (unpaired) electrons. The first-order valence-corrected chi connectivity index (χ1v) is 9.57. The molecule has 7 heteroatoms. The average Bonchev–Trinajstić information content (AvgIpc) is 3.28. The Kier molecular flexibility index (Phi) is 4.24. The molecule has 0 spiro atoms. The number of amides is 1. The molecule has 0 fully saturated rings. The molecule has 2 aromatic heterocycles. The van der Waals surface area contributed by atoms with Crippen LogP contribution in [-0.4, -0.2) is 32.7 Å². The van der Waals surface area contributed by atoms with E-state index in [1.807, 2.05) is 37.5 Å². The van der Waals surface area contributed by atoms with E-state index < -0.39 is 5.82 Å². The van der Waals surface area contributed by atoms with Crippen molar-refractivity contribution >= 4 is 16.8 Å². The molecule has 2 aromatic carbocycles. The van der Waals surface area contributed by atoms with Crippen LogP contribution in [-0.2, 0) is 20.1 Å². The smallest absolute Gasteiger partial charge is 0.256 e. The quantitative estimate of drug-likeness (QED) is 0.519. The van der Waals surface area contributed by atoms with E-state index in [-0.39, 0.29) is 12.5 Å². The van der Waals surface area contributed by atoms with Gasteiger partial charge in [-0.1, -0.05) is 12.1 Å². The van der Waals surface area contributed by atoms with Gasteiger partial charge >= 0.3 is 0 Å². The fourth-order valence-corrected chi connectivity index (χ4v) is 4.02. The minimum atomic E-state index is -0.415. The summed E-state index contributed by atoms with van der Waals surface area (Å²) in [7, 11) is 3.36. The molecule has 0 saturated carbocycles. The maximum atomic E-state index is 15.2. The predicted molar refractivity (Wildman–Crippen MR) is 110 cm³/mol. The molecule has 0 atom stereocenters. The van der Waals surface area contributed by atoms with Gasteiger partial charge in [0.2, 0.25) is 0 Å². The monoisotopic (exact) mass is 402 g/mol. The van der Waals surface area contributed by atoms with Crippen LogP contribution in [0.1, 0.15) is 21.6 Å². The Morgan fingerprint density at radius 2 is 2.00 bits per heavy atom. The zero-order valence-electron chi connectivity index (χ0n) is 16.6. The van der Waals surface area contributed by atoms with E-state index in [1.165, 1.54) is 13.2 Å². The topological polar surface area (TPSA) is 60.2 Å². The molecular formula is C23H19FN4O2. The standard InChI is InChI=1S/C23H19FN4O2/c1-27-11-17-15(5-3-7-20(17)26-27)14-9-19(24)18(22(10-14)30-2)12-28-13-21-16(23(28)29)6-4-8-25-21/h3-11H,12-13H2,1-2H3. The molecule has 6 nitrogen and oxygen atoms in total. The molecule has 3 heterocycles. The van der Waals surface area contributed by atoms with Crippen molar-refractivity contribution in [2.75, 3.05) is 7.11 Å². The number of halogens is 1. The molecule has 1 aliphatic rings. The minimum absolute atomic E-state index is 0.113. The number of pyridine rings is 1. The summed E-state index contributed by atoms with van der Waals surface area (Å²) in [5.74, 6) is -0.159. The van der Waals surface area contributed by atoms with Gasteiger partial charge in [-0.2, -0.15) is 5.10 Å². The van der Waals surface area contributed by atoms with Crippen molar-refractivity contribution in [3.05, 3.63) is 77.5 Å². The number of benzene rings is 2. The van der Waals surface area contributed by atoms with Gasteiger partial charge in [0.15, 0.2) is 0 Å². The van der Waals surface area contributed by atoms with E-state index in [0.29, 0.717) is 34.7 Å². The van der Waals surface area contributed by atoms with Crippen molar-refractivity contribution in [3.8, 4) is 16.9 Å². The van der Waals surface area contributed by atoms with Gasteiger partial charge in [-0.05, 0) is 41.5 Å². The maximum absolute atomic E-state index is 15.2. The second-order valence-corrected chi connectivity index (χ2v) is 7.34. The number of rotatable bonds is 4. The Morgan fingerprint density at radius 3 is 2.80 bits per heavy atom. The van der Waals surface area contributed by atoms with Crippen molar-refractivity contribution in [2.24, 2.45) is 7.05 Å². The molecule has 1 amide bonds. The Morgan fingerprint density at radius 1 is 1.17 bits per heavy atom. The number of carbonyl (C=O) groups is 1. The van der Waals surface area contributed by atoms with Crippen LogP contribution in [0.3, 0.4) is 0 Å². The Labute approximate surface area is 172 Å². The maximum Gasteiger partial charge on any atom is 0.256 e. The number of hydrogen-bond donors (Lipinski definition) is 0. The lowest BCUT2D eigenvalue weighted by Gasteiger charge is -2.19. The number of ether oxygens (including phenoxy) is 1. The SMILES string of the molecule is COc1cc(-c2cccc3nn(C)cc23)cc(F)c1CN1Cc2ncccc2C1=O. The van der Waals surface area contributed by atoms with Crippen LogP contribution in [0.25, 0.3) is 22.0 Å². The lowest BCUT2D eigenvalue weighted by Crippen LogP contribution is -2.24. The van der Waals surface area contributed by atoms with E-state index in [4.69, 9.17) is 4.74 Å². The molecule has 0 bridgehead atoms. The molecule has 30 heavy (non-hydrogen) atoms. The van der Waals surface area contributed by atoms with Gasteiger partial charge in [0.1, 0.15) is 11.6 Å². The number of fused-ring (bicyclic) bond motifs is 2. The van der Waals surface area contributed by atoms with Gasteiger partial charge in [0.25, 0.3) is 5.91 Å². The van der Waals surface area contributed by atoms with Gasteiger partial charge in [0.05, 0.1) is 37.0 Å². The largest absolute Gasteiger partial charge is 0.496 e. The van der Waals surface area contributed by atoms with Crippen LogP contribution >= 0.6 is 0 Å². The van der Waals surface area contributed by atoms with Crippen LogP contribution in [0.5, 0.6) is 5.75 Å². The molecule has 0 N–H and O–H groups in total. The number of aromatic nitrogens is 3.